The minimum absolute atomic E-state index is 0.0380. The lowest BCUT2D eigenvalue weighted by Gasteiger charge is -2.15. The predicted octanol–water partition coefficient (Wildman–Crippen LogP) is 2.17. The van der Waals surface area contributed by atoms with Crippen LogP contribution < -0.4 is 15.4 Å². The Morgan fingerprint density at radius 2 is 1.83 bits per heavy atom. The summed E-state index contributed by atoms with van der Waals surface area (Å²) in [6, 6.07) is 11.8. The van der Waals surface area contributed by atoms with E-state index in [1.165, 1.54) is 19.1 Å². The third-order valence-corrected chi connectivity index (χ3v) is 3.78. The SMILES string of the molecule is COC(=O)c1ccc(O[C@@H](C)C(=O)NC(=O)NCc2ccccc2)c([N+](=O)[O-])c1. The minimum atomic E-state index is -1.21. The van der Waals surface area contributed by atoms with Crippen LogP contribution in [0, 0.1) is 10.1 Å². The van der Waals surface area contributed by atoms with Crippen LogP contribution in [-0.4, -0.2) is 36.0 Å². The molecule has 0 saturated carbocycles. The van der Waals surface area contributed by atoms with Crippen LogP contribution in [-0.2, 0) is 16.1 Å². The minimum Gasteiger partial charge on any atom is -0.474 e. The van der Waals surface area contributed by atoms with E-state index in [1.54, 1.807) is 0 Å². The second kappa shape index (κ2) is 9.83. The first-order valence-corrected chi connectivity index (χ1v) is 8.48. The Bertz CT molecular complexity index is 915. The van der Waals surface area contributed by atoms with Gasteiger partial charge in [0.2, 0.25) is 0 Å². The number of nitro benzene ring substituents is 1. The summed E-state index contributed by atoms with van der Waals surface area (Å²) in [5, 5.41) is 15.9. The number of hydrogen-bond acceptors (Lipinski definition) is 7. The summed E-state index contributed by atoms with van der Waals surface area (Å²) in [4.78, 5) is 46.0. The molecular weight excluding hydrogens is 382 g/mol. The molecule has 0 aliphatic rings. The Kier molecular flexibility index (Phi) is 7.24. The standard InChI is InChI=1S/C19H19N3O7/c1-12(17(23)21-19(25)20-11-13-6-4-3-5-7-13)29-16-9-8-14(18(24)28-2)10-15(16)22(26)27/h3-10,12H,11H2,1-2H3,(H2,20,21,23,25)/t12-/m0/s1. The number of nitrogens with one attached hydrogen (secondary N) is 2. The molecule has 2 aromatic carbocycles. The number of amides is 3. The summed E-state index contributed by atoms with van der Waals surface area (Å²) in [7, 11) is 1.15. The van der Waals surface area contributed by atoms with Crippen LogP contribution in [0.1, 0.15) is 22.8 Å². The lowest BCUT2D eigenvalue weighted by atomic mass is 10.2. The van der Waals surface area contributed by atoms with Gasteiger partial charge in [-0.25, -0.2) is 9.59 Å². The monoisotopic (exact) mass is 401 g/mol. The molecule has 0 fully saturated rings. The summed E-state index contributed by atoms with van der Waals surface area (Å²) in [5.41, 5.74) is 0.297. The van der Waals surface area contributed by atoms with Crippen LogP contribution in [0.4, 0.5) is 10.5 Å². The van der Waals surface area contributed by atoms with Crippen LogP contribution >= 0.6 is 0 Å². The molecule has 0 heterocycles. The van der Waals surface area contributed by atoms with E-state index in [-0.39, 0.29) is 17.9 Å². The maximum Gasteiger partial charge on any atom is 0.338 e. The first-order valence-electron chi connectivity index (χ1n) is 8.48. The van der Waals surface area contributed by atoms with Crippen molar-refractivity contribution in [1.29, 1.82) is 0 Å². The van der Waals surface area contributed by atoms with Gasteiger partial charge >= 0.3 is 17.7 Å². The van der Waals surface area contributed by atoms with Gasteiger partial charge in [0.25, 0.3) is 5.91 Å². The zero-order valence-corrected chi connectivity index (χ0v) is 15.7. The van der Waals surface area contributed by atoms with Crippen molar-refractivity contribution in [2.75, 3.05) is 7.11 Å². The van der Waals surface area contributed by atoms with E-state index in [2.05, 4.69) is 15.4 Å². The van der Waals surface area contributed by atoms with Crippen molar-refractivity contribution < 1.29 is 28.8 Å². The fourth-order valence-electron chi connectivity index (χ4n) is 2.28. The number of imide groups is 1. The van der Waals surface area contributed by atoms with Gasteiger partial charge < -0.3 is 14.8 Å². The third-order valence-electron chi connectivity index (χ3n) is 3.78. The number of nitrogens with zero attached hydrogens (tertiary/aromatic N) is 1. The molecule has 152 valence electrons. The van der Waals surface area contributed by atoms with E-state index in [4.69, 9.17) is 4.74 Å². The molecular formula is C19H19N3O7. The summed E-state index contributed by atoms with van der Waals surface area (Å²) in [6.07, 6.45) is -1.21. The summed E-state index contributed by atoms with van der Waals surface area (Å²) < 4.78 is 9.83. The molecule has 10 heteroatoms. The lowest BCUT2D eigenvalue weighted by Crippen LogP contribution is -2.44. The van der Waals surface area contributed by atoms with Gasteiger partial charge in [0, 0.05) is 12.6 Å². The quantitative estimate of drug-likeness (QED) is 0.412. The highest BCUT2D eigenvalue weighted by Gasteiger charge is 2.24. The van der Waals surface area contributed by atoms with Gasteiger partial charge in [0.15, 0.2) is 11.9 Å². The van der Waals surface area contributed by atoms with Crippen LogP contribution in [0.5, 0.6) is 5.75 Å². The van der Waals surface area contributed by atoms with Crippen LogP contribution in [0.3, 0.4) is 0 Å². The number of benzene rings is 2. The smallest absolute Gasteiger partial charge is 0.338 e. The van der Waals surface area contributed by atoms with Crippen LogP contribution in [0.25, 0.3) is 0 Å². The van der Waals surface area contributed by atoms with Crippen molar-refractivity contribution in [2.45, 2.75) is 19.6 Å². The number of nitro groups is 1. The molecule has 29 heavy (non-hydrogen) atoms. The van der Waals surface area contributed by atoms with E-state index in [9.17, 15) is 24.5 Å². The molecule has 0 unspecified atom stereocenters. The number of rotatable bonds is 7. The van der Waals surface area contributed by atoms with Crippen molar-refractivity contribution in [3.05, 3.63) is 69.8 Å². The largest absolute Gasteiger partial charge is 0.474 e. The van der Waals surface area contributed by atoms with Crippen LogP contribution in [0.15, 0.2) is 48.5 Å². The number of hydrogen-bond donors (Lipinski definition) is 2. The maximum absolute atomic E-state index is 12.1. The normalized spacial score (nSPS) is 11.1. The molecule has 10 nitrogen and oxygen atoms in total. The lowest BCUT2D eigenvalue weighted by molar-refractivity contribution is -0.386. The molecule has 0 radical (unpaired) electrons. The molecule has 1 atom stereocenters. The van der Waals surface area contributed by atoms with E-state index in [0.717, 1.165) is 18.7 Å². The van der Waals surface area contributed by atoms with Crippen molar-refractivity contribution in [2.24, 2.45) is 0 Å². The Morgan fingerprint density at radius 3 is 2.45 bits per heavy atom. The molecule has 2 rings (SSSR count). The Hall–Kier alpha value is -3.95. The molecule has 3 amide bonds. The molecule has 2 N–H and O–H groups in total. The number of carbonyl (C=O) groups is 3. The van der Waals surface area contributed by atoms with Gasteiger partial charge in [-0.15, -0.1) is 0 Å². The molecule has 0 aromatic heterocycles. The summed E-state index contributed by atoms with van der Waals surface area (Å²) in [5.74, 6) is -1.77. The molecule has 0 bridgehead atoms. The number of urea groups is 1. The molecule has 0 aliphatic heterocycles. The second-order valence-electron chi connectivity index (χ2n) is 5.85. The van der Waals surface area contributed by atoms with Crippen molar-refractivity contribution in [1.82, 2.24) is 10.6 Å². The van der Waals surface area contributed by atoms with E-state index in [1.807, 2.05) is 30.3 Å². The summed E-state index contributed by atoms with van der Waals surface area (Å²) >= 11 is 0. The van der Waals surface area contributed by atoms with Gasteiger partial charge in [0.05, 0.1) is 17.6 Å². The Morgan fingerprint density at radius 1 is 1.14 bits per heavy atom. The van der Waals surface area contributed by atoms with E-state index >= 15 is 0 Å². The van der Waals surface area contributed by atoms with E-state index in [0.29, 0.717) is 0 Å². The zero-order valence-electron chi connectivity index (χ0n) is 15.7. The first-order chi connectivity index (χ1) is 13.8. The highest BCUT2D eigenvalue weighted by molar-refractivity contribution is 5.96. The van der Waals surface area contributed by atoms with Crippen LogP contribution in [0.2, 0.25) is 0 Å². The predicted molar refractivity (Wildman–Crippen MR) is 101 cm³/mol. The van der Waals surface area contributed by atoms with Gasteiger partial charge in [-0.1, -0.05) is 30.3 Å². The van der Waals surface area contributed by atoms with Crippen molar-refractivity contribution in [3.8, 4) is 5.75 Å². The topological polar surface area (TPSA) is 137 Å². The maximum atomic E-state index is 12.1. The highest BCUT2D eigenvalue weighted by Crippen LogP contribution is 2.29. The number of methoxy groups -OCH3 is 1. The van der Waals surface area contributed by atoms with Gasteiger partial charge in [-0.3, -0.25) is 20.2 Å². The number of carbonyl (C=O) groups excluding carboxylic acids is 3. The average molecular weight is 401 g/mol. The van der Waals surface area contributed by atoms with E-state index < -0.39 is 34.6 Å². The van der Waals surface area contributed by atoms with Gasteiger partial charge in [-0.05, 0) is 24.6 Å². The Balaban J connectivity index is 1.98. The number of esters is 1. The zero-order chi connectivity index (χ0) is 21.4. The van der Waals surface area contributed by atoms with Crippen molar-refractivity contribution in [3.63, 3.8) is 0 Å². The Labute approximate surface area is 166 Å². The fourth-order valence-corrected chi connectivity index (χ4v) is 2.28. The molecule has 0 spiro atoms. The highest BCUT2D eigenvalue weighted by atomic mass is 16.6. The van der Waals surface area contributed by atoms with Gasteiger partial charge in [0.1, 0.15) is 0 Å². The molecule has 0 aliphatic carbocycles. The fraction of sp³-hybridized carbons (Fsp3) is 0.211. The average Bonchev–Trinajstić information content (AvgIpc) is 2.72. The third kappa shape index (κ3) is 6.03. The summed E-state index contributed by atoms with van der Waals surface area (Å²) in [6.45, 7) is 1.55. The number of ether oxygens (including phenoxy) is 2. The van der Waals surface area contributed by atoms with Crippen molar-refractivity contribution >= 4 is 23.6 Å². The molecule has 2 aromatic rings. The molecule has 0 saturated heterocycles. The van der Waals surface area contributed by atoms with Gasteiger partial charge in [-0.2, -0.15) is 0 Å². The second-order valence-corrected chi connectivity index (χ2v) is 5.85. The first kappa shape index (κ1) is 21.4.